The smallest absolute Gasteiger partial charge is 0.380 e. The molecule has 2 heterocycles. The molecule has 0 unspecified atom stereocenters. The lowest BCUT2D eigenvalue weighted by Gasteiger charge is -2.15. The van der Waals surface area contributed by atoms with Crippen molar-refractivity contribution < 1.29 is 19.1 Å². The molecule has 1 fully saturated rings. The van der Waals surface area contributed by atoms with E-state index in [0.29, 0.717) is 22.3 Å². The number of ether oxygens (including phenoxy) is 2. The fourth-order valence-electron chi connectivity index (χ4n) is 1.86. The van der Waals surface area contributed by atoms with Crippen LogP contribution in [0.15, 0.2) is 12.1 Å². The van der Waals surface area contributed by atoms with Crippen molar-refractivity contribution >= 4 is 40.0 Å². The van der Waals surface area contributed by atoms with Crippen LogP contribution in [0.1, 0.15) is 6.42 Å². The fourth-order valence-corrected chi connectivity index (χ4v) is 2.85. The van der Waals surface area contributed by atoms with E-state index in [4.69, 9.17) is 21.1 Å². The Labute approximate surface area is 125 Å². The van der Waals surface area contributed by atoms with Crippen LogP contribution >= 0.6 is 22.9 Å². The van der Waals surface area contributed by atoms with E-state index in [-0.39, 0.29) is 6.10 Å². The molecule has 1 aliphatic heterocycles. The summed E-state index contributed by atoms with van der Waals surface area (Å²) in [6.45, 7) is 0.570. The molecular weight excluding hydrogens is 304 g/mol. The lowest BCUT2D eigenvalue weighted by atomic mass is 10.2. The van der Waals surface area contributed by atoms with Gasteiger partial charge in [-0.2, -0.15) is 0 Å². The van der Waals surface area contributed by atoms with E-state index in [9.17, 15) is 9.59 Å². The summed E-state index contributed by atoms with van der Waals surface area (Å²) in [5, 5.41) is 3.57. The molecule has 8 heteroatoms. The van der Waals surface area contributed by atoms with Crippen LogP contribution in [0.3, 0.4) is 0 Å². The van der Waals surface area contributed by atoms with Crippen molar-refractivity contribution in [2.24, 2.45) is 0 Å². The predicted octanol–water partition coefficient (Wildman–Crippen LogP) is 1.88. The molecule has 2 atom stereocenters. The number of thiophene rings is 1. The van der Waals surface area contributed by atoms with Crippen LogP contribution in [-0.4, -0.2) is 44.9 Å². The molecule has 1 aromatic heterocycles. The van der Waals surface area contributed by atoms with Crippen molar-refractivity contribution in [1.82, 2.24) is 5.32 Å². The topological polar surface area (TPSA) is 67.9 Å². The van der Waals surface area contributed by atoms with Crippen molar-refractivity contribution in [3.05, 3.63) is 16.5 Å². The van der Waals surface area contributed by atoms with E-state index >= 15 is 0 Å². The number of halogens is 1. The highest BCUT2D eigenvalue weighted by molar-refractivity contribution is 7.20. The molecule has 1 aliphatic rings. The van der Waals surface area contributed by atoms with E-state index in [1.54, 1.807) is 19.2 Å². The molecule has 0 radical (unpaired) electrons. The summed E-state index contributed by atoms with van der Waals surface area (Å²) in [6, 6.07) is 2.85. The number of carbonyl (C=O) groups is 2. The van der Waals surface area contributed by atoms with Gasteiger partial charge in [0.2, 0.25) is 0 Å². The third-order valence-corrected chi connectivity index (χ3v) is 4.37. The summed E-state index contributed by atoms with van der Waals surface area (Å²) >= 11 is 7.03. The second-order valence-electron chi connectivity index (χ2n) is 4.38. The molecule has 2 rings (SSSR count). The maximum absolute atomic E-state index is 11.9. The minimum absolute atomic E-state index is 0.0310. The molecule has 0 aliphatic carbocycles. The second-order valence-corrected chi connectivity index (χ2v) is 6.07. The van der Waals surface area contributed by atoms with Crippen molar-refractivity contribution in [2.75, 3.05) is 25.6 Å². The number of methoxy groups -OCH3 is 1. The highest BCUT2D eigenvalue weighted by Gasteiger charge is 2.32. The molecule has 1 N–H and O–H groups in total. The Kier molecular flexibility index (Phi) is 4.98. The van der Waals surface area contributed by atoms with E-state index in [1.807, 2.05) is 0 Å². The highest BCUT2D eigenvalue weighted by atomic mass is 35.5. The average molecular weight is 319 g/mol. The van der Waals surface area contributed by atoms with Gasteiger partial charge in [-0.3, -0.25) is 4.90 Å². The van der Waals surface area contributed by atoms with Gasteiger partial charge in [0.05, 0.1) is 10.4 Å². The number of hydrogen-bond acceptors (Lipinski definition) is 6. The van der Waals surface area contributed by atoms with Gasteiger partial charge in [0.25, 0.3) is 0 Å². The molecule has 0 bridgehead atoms. The molecule has 0 aromatic carbocycles. The number of nitrogens with zero attached hydrogens (tertiary/aromatic N) is 1. The van der Waals surface area contributed by atoms with Crippen molar-refractivity contribution in [2.45, 2.75) is 18.6 Å². The standard InChI is InChI=1S/C12H15ClN2O4S/c1-15(10-4-3-9(13)20-10)12(17)19-11(16)8-5-7(18-2)6-14-8/h3-4,7-8,14H,5-6H2,1-2H3/t7-,8-/m1/s1. The average Bonchev–Trinajstić information content (AvgIpc) is 3.06. The normalized spacial score (nSPS) is 21.8. The monoisotopic (exact) mass is 318 g/mol. The summed E-state index contributed by atoms with van der Waals surface area (Å²) in [5.74, 6) is -0.593. The minimum Gasteiger partial charge on any atom is -0.380 e. The number of hydrogen-bond donors (Lipinski definition) is 1. The van der Waals surface area contributed by atoms with E-state index in [2.05, 4.69) is 5.32 Å². The number of carbonyl (C=O) groups excluding carboxylic acids is 2. The number of amides is 1. The molecular formula is C12H15ClN2O4S. The van der Waals surface area contributed by atoms with E-state index in [1.165, 1.54) is 23.3 Å². The molecule has 1 amide bonds. The van der Waals surface area contributed by atoms with Gasteiger partial charge < -0.3 is 14.8 Å². The lowest BCUT2D eigenvalue weighted by Crippen LogP contribution is -2.37. The molecule has 110 valence electrons. The van der Waals surface area contributed by atoms with Crippen LogP contribution in [0.25, 0.3) is 0 Å². The van der Waals surface area contributed by atoms with Crippen LogP contribution in [0, 0.1) is 0 Å². The van der Waals surface area contributed by atoms with Crippen LogP contribution in [0.4, 0.5) is 9.80 Å². The SMILES string of the molecule is CO[C@H]1CN[C@@H](C(=O)OC(=O)N(C)c2ccc(Cl)s2)C1. The minimum atomic E-state index is -0.726. The Morgan fingerprint density at radius 1 is 1.50 bits per heavy atom. The van der Waals surface area contributed by atoms with Crippen LogP contribution in [-0.2, 0) is 14.3 Å². The Balaban J connectivity index is 1.89. The molecule has 0 saturated carbocycles. The van der Waals surface area contributed by atoms with Crippen molar-refractivity contribution in [3.8, 4) is 0 Å². The third-order valence-electron chi connectivity index (χ3n) is 3.06. The zero-order chi connectivity index (χ0) is 14.7. The number of anilines is 1. The number of nitrogens with one attached hydrogen (secondary N) is 1. The molecule has 0 spiro atoms. The number of esters is 1. The molecule has 6 nitrogen and oxygen atoms in total. The summed E-state index contributed by atoms with van der Waals surface area (Å²) < 4.78 is 10.5. The largest absolute Gasteiger partial charge is 0.422 e. The predicted molar refractivity (Wildman–Crippen MR) is 76.4 cm³/mol. The highest BCUT2D eigenvalue weighted by Crippen LogP contribution is 2.29. The van der Waals surface area contributed by atoms with Gasteiger partial charge in [-0.1, -0.05) is 11.6 Å². The quantitative estimate of drug-likeness (QED) is 0.681. The van der Waals surface area contributed by atoms with Crippen molar-refractivity contribution in [3.63, 3.8) is 0 Å². The van der Waals surface area contributed by atoms with Gasteiger partial charge in [0.15, 0.2) is 0 Å². The second kappa shape index (κ2) is 6.53. The maximum Gasteiger partial charge on any atom is 0.422 e. The molecule has 1 aromatic rings. The third kappa shape index (κ3) is 3.49. The van der Waals surface area contributed by atoms with Gasteiger partial charge in [-0.25, -0.2) is 9.59 Å². The summed E-state index contributed by atoms with van der Waals surface area (Å²) in [4.78, 5) is 25.0. The Morgan fingerprint density at radius 3 is 2.80 bits per heavy atom. The van der Waals surface area contributed by atoms with Gasteiger partial charge >= 0.3 is 12.1 Å². The summed E-state index contributed by atoms with van der Waals surface area (Å²) in [5.41, 5.74) is 0. The first-order valence-electron chi connectivity index (χ1n) is 6.02. The first-order chi connectivity index (χ1) is 9.51. The van der Waals surface area contributed by atoms with Crippen LogP contribution < -0.4 is 10.2 Å². The fraction of sp³-hybridized carbons (Fsp3) is 0.500. The van der Waals surface area contributed by atoms with Crippen molar-refractivity contribution in [1.29, 1.82) is 0 Å². The Morgan fingerprint density at radius 2 is 2.25 bits per heavy atom. The van der Waals surface area contributed by atoms with Gasteiger partial charge in [-0.15, -0.1) is 11.3 Å². The number of rotatable bonds is 3. The van der Waals surface area contributed by atoms with Crippen LogP contribution in [0.2, 0.25) is 4.34 Å². The van der Waals surface area contributed by atoms with E-state index < -0.39 is 18.1 Å². The zero-order valence-electron chi connectivity index (χ0n) is 11.1. The Hall–Kier alpha value is -1.15. The molecule has 1 saturated heterocycles. The Bertz CT molecular complexity index is 507. The van der Waals surface area contributed by atoms with Gasteiger partial charge in [0, 0.05) is 27.1 Å². The summed E-state index contributed by atoms with van der Waals surface area (Å²) in [6.07, 6.45) is -0.260. The van der Waals surface area contributed by atoms with E-state index in [0.717, 1.165) is 0 Å². The lowest BCUT2D eigenvalue weighted by molar-refractivity contribution is -0.139. The van der Waals surface area contributed by atoms with Crippen LogP contribution in [0.5, 0.6) is 0 Å². The maximum atomic E-state index is 11.9. The van der Waals surface area contributed by atoms with Gasteiger partial charge in [0.1, 0.15) is 11.0 Å². The first-order valence-corrected chi connectivity index (χ1v) is 7.21. The summed E-state index contributed by atoms with van der Waals surface area (Å²) in [7, 11) is 3.11. The molecule has 20 heavy (non-hydrogen) atoms. The van der Waals surface area contributed by atoms with Gasteiger partial charge in [-0.05, 0) is 12.1 Å². The zero-order valence-corrected chi connectivity index (χ0v) is 12.7. The first kappa shape index (κ1) is 15.2.